The van der Waals surface area contributed by atoms with Crippen molar-refractivity contribution in [2.75, 3.05) is 6.54 Å². The highest BCUT2D eigenvalue weighted by Gasteiger charge is 2.29. The van der Waals surface area contributed by atoms with Crippen LogP contribution in [0.1, 0.15) is 55.7 Å². The predicted octanol–water partition coefficient (Wildman–Crippen LogP) is 4.37. The van der Waals surface area contributed by atoms with Crippen LogP contribution in [-0.4, -0.2) is 18.4 Å². The predicted molar refractivity (Wildman–Crippen MR) is 85.9 cm³/mol. The molecular weight excluding hydrogens is 276 g/mol. The Bertz CT molecular complexity index is 402. The highest BCUT2D eigenvalue weighted by molar-refractivity contribution is 7.10. The summed E-state index contributed by atoms with van der Waals surface area (Å²) in [6, 6.07) is 5.10. The van der Waals surface area contributed by atoms with Gasteiger partial charge in [-0.3, -0.25) is 4.99 Å². The summed E-state index contributed by atoms with van der Waals surface area (Å²) in [5.41, 5.74) is 0. The lowest BCUT2D eigenvalue weighted by Gasteiger charge is -2.22. The Labute approximate surface area is 126 Å². The summed E-state index contributed by atoms with van der Waals surface area (Å²) in [5, 5.41) is 5.96. The summed E-state index contributed by atoms with van der Waals surface area (Å²) in [5.74, 6) is 2.00. The number of thiophene rings is 1. The van der Waals surface area contributed by atoms with E-state index in [0.717, 1.165) is 18.9 Å². The molecule has 0 saturated heterocycles. The Morgan fingerprint density at radius 3 is 2.95 bits per heavy atom. The maximum Gasteiger partial charge on any atom is 0.0965 e. The zero-order valence-corrected chi connectivity index (χ0v) is 12.9. The first kappa shape index (κ1) is 14.9. The first-order chi connectivity index (χ1) is 8.93. The van der Waals surface area contributed by atoms with Gasteiger partial charge in [-0.2, -0.15) is 0 Å². The molecule has 0 bridgehead atoms. The Morgan fingerprint density at radius 1 is 1.16 bits per heavy atom. The number of hydrogen-bond acceptors (Lipinski definition) is 3. The Balaban J connectivity index is 0.00000133. The summed E-state index contributed by atoms with van der Waals surface area (Å²) < 4.78 is 0. The molecule has 0 aromatic carbocycles. The monoisotopic (exact) mass is 298 g/mol. The molecule has 0 spiro atoms. The van der Waals surface area contributed by atoms with Crippen LogP contribution in [0, 0.1) is 0 Å². The summed E-state index contributed by atoms with van der Waals surface area (Å²) in [6.07, 6.45) is 9.08. The van der Waals surface area contributed by atoms with E-state index < -0.39 is 0 Å². The van der Waals surface area contributed by atoms with Crippen LogP contribution < -0.4 is 5.32 Å². The summed E-state index contributed by atoms with van der Waals surface area (Å²) in [7, 11) is 0. The van der Waals surface area contributed by atoms with Gasteiger partial charge in [0.25, 0.3) is 0 Å². The van der Waals surface area contributed by atoms with Crippen molar-refractivity contribution < 1.29 is 0 Å². The Morgan fingerprint density at radius 2 is 2.11 bits per heavy atom. The SMILES string of the molecule is Cl.c1csc(C2CCCC2NC2=NCCCCC2)c1. The molecule has 2 nitrogen and oxygen atoms in total. The number of nitrogens with one attached hydrogen (secondary N) is 1. The molecule has 1 aromatic heterocycles. The van der Waals surface area contributed by atoms with Crippen molar-refractivity contribution in [3.05, 3.63) is 22.4 Å². The molecule has 19 heavy (non-hydrogen) atoms. The number of aliphatic imine (C=N–C) groups is 1. The normalized spacial score (nSPS) is 27.3. The number of halogens is 1. The second kappa shape index (κ2) is 7.30. The first-order valence-electron chi connectivity index (χ1n) is 7.27. The van der Waals surface area contributed by atoms with Crippen LogP contribution in [0.5, 0.6) is 0 Å². The minimum atomic E-state index is 0. The lowest BCUT2D eigenvalue weighted by molar-refractivity contribution is 0.559. The molecule has 1 aliphatic carbocycles. The van der Waals surface area contributed by atoms with Gasteiger partial charge in [-0.15, -0.1) is 23.7 Å². The third-order valence-corrected chi connectivity index (χ3v) is 5.16. The van der Waals surface area contributed by atoms with Crippen LogP contribution in [0.15, 0.2) is 22.5 Å². The lowest BCUT2D eigenvalue weighted by Crippen LogP contribution is -2.36. The van der Waals surface area contributed by atoms with Gasteiger partial charge in [0.05, 0.1) is 5.84 Å². The van der Waals surface area contributed by atoms with E-state index >= 15 is 0 Å². The highest BCUT2D eigenvalue weighted by atomic mass is 35.5. The number of amidine groups is 1. The number of rotatable bonds is 2. The van der Waals surface area contributed by atoms with E-state index in [1.165, 1.54) is 44.4 Å². The molecule has 1 aliphatic heterocycles. The van der Waals surface area contributed by atoms with Crippen molar-refractivity contribution in [1.82, 2.24) is 5.32 Å². The molecular formula is C15H23ClN2S. The minimum Gasteiger partial charge on any atom is -0.370 e. The Hall–Kier alpha value is -0.540. The average Bonchev–Trinajstić information content (AvgIpc) is 2.97. The molecule has 0 radical (unpaired) electrons. The maximum absolute atomic E-state index is 4.71. The molecule has 1 N–H and O–H groups in total. The average molecular weight is 299 g/mol. The molecule has 2 unspecified atom stereocenters. The highest BCUT2D eigenvalue weighted by Crippen LogP contribution is 2.37. The van der Waals surface area contributed by atoms with Crippen LogP contribution >= 0.6 is 23.7 Å². The van der Waals surface area contributed by atoms with E-state index in [0.29, 0.717) is 6.04 Å². The number of hydrogen-bond donors (Lipinski definition) is 1. The van der Waals surface area contributed by atoms with E-state index in [2.05, 4.69) is 22.8 Å². The van der Waals surface area contributed by atoms with E-state index in [9.17, 15) is 0 Å². The van der Waals surface area contributed by atoms with Crippen molar-refractivity contribution in [2.45, 2.75) is 56.9 Å². The van der Waals surface area contributed by atoms with E-state index in [1.54, 1.807) is 4.88 Å². The summed E-state index contributed by atoms with van der Waals surface area (Å²) in [6.45, 7) is 1.03. The van der Waals surface area contributed by atoms with Gasteiger partial charge >= 0.3 is 0 Å². The summed E-state index contributed by atoms with van der Waals surface area (Å²) in [4.78, 5) is 6.27. The molecule has 1 aromatic rings. The Kier molecular flexibility index (Phi) is 5.71. The van der Waals surface area contributed by atoms with Crippen molar-refractivity contribution in [3.63, 3.8) is 0 Å². The quantitative estimate of drug-likeness (QED) is 0.861. The molecule has 0 amide bonds. The maximum atomic E-state index is 4.71. The fraction of sp³-hybridized carbons (Fsp3) is 0.667. The van der Waals surface area contributed by atoms with Crippen molar-refractivity contribution in [2.24, 2.45) is 4.99 Å². The smallest absolute Gasteiger partial charge is 0.0965 e. The van der Waals surface area contributed by atoms with Gasteiger partial charge in [0.15, 0.2) is 0 Å². The first-order valence-corrected chi connectivity index (χ1v) is 8.15. The van der Waals surface area contributed by atoms with Crippen molar-refractivity contribution in [1.29, 1.82) is 0 Å². The fourth-order valence-corrected chi connectivity index (χ4v) is 4.11. The van der Waals surface area contributed by atoms with Crippen molar-refractivity contribution in [3.8, 4) is 0 Å². The zero-order valence-electron chi connectivity index (χ0n) is 11.3. The van der Waals surface area contributed by atoms with Crippen LogP contribution in [0.4, 0.5) is 0 Å². The summed E-state index contributed by atoms with van der Waals surface area (Å²) >= 11 is 1.91. The van der Waals surface area contributed by atoms with Gasteiger partial charge in [0, 0.05) is 29.8 Å². The molecule has 3 rings (SSSR count). The van der Waals surface area contributed by atoms with E-state index in [1.807, 2.05) is 11.3 Å². The molecule has 1 fully saturated rings. The van der Waals surface area contributed by atoms with Crippen LogP contribution in [-0.2, 0) is 0 Å². The third kappa shape index (κ3) is 3.73. The fourth-order valence-electron chi connectivity index (χ4n) is 3.18. The topological polar surface area (TPSA) is 24.4 Å². The third-order valence-electron chi connectivity index (χ3n) is 4.15. The van der Waals surface area contributed by atoms with Crippen molar-refractivity contribution >= 4 is 29.6 Å². The second-order valence-corrected chi connectivity index (χ2v) is 6.42. The van der Waals surface area contributed by atoms with Gasteiger partial charge in [-0.25, -0.2) is 0 Å². The van der Waals surface area contributed by atoms with E-state index in [-0.39, 0.29) is 12.4 Å². The molecule has 4 heteroatoms. The van der Waals surface area contributed by atoms with Crippen LogP contribution in [0.2, 0.25) is 0 Å². The van der Waals surface area contributed by atoms with Crippen LogP contribution in [0.25, 0.3) is 0 Å². The van der Waals surface area contributed by atoms with Gasteiger partial charge in [-0.1, -0.05) is 18.9 Å². The molecule has 2 aliphatic rings. The minimum absolute atomic E-state index is 0. The molecule has 1 saturated carbocycles. The molecule has 2 atom stereocenters. The zero-order chi connectivity index (χ0) is 12.2. The van der Waals surface area contributed by atoms with E-state index in [4.69, 9.17) is 4.99 Å². The standard InChI is InChI=1S/C15H22N2S.ClH/c1-2-9-15(16-10-3-1)17-13-7-4-6-12(13)14-8-5-11-18-14;/h5,8,11-13H,1-4,6-7,9-10H2,(H,16,17);1H. The van der Waals surface area contributed by atoms with Gasteiger partial charge in [0.1, 0.15) is 0 Å². The van der Waals surface area contributed by atoms with Gasteiger partial charge in [0.2, 0.25) is 0 Å². The van der Waals surface area contributed by atoms with Crippen LogP contribution in [0.3, 0.4) is 0 Å². The van der Waals surface area contributed by atoms with Gasteiger partial charge < -0.3 is 5.32 Å². The lowest BCUT2D eigenvalue weighted by atomic mass is 10.0. The van der Waals surface area contributed by atoms with Gasteiger partial charge in [-0.05, 0) is 37.1 Å². The largest absolute Gasteiger partial charge is 0.370 e. The second-order valence-electron chi connectivity index (χ2n) is 5.44. The molecule has 2 heterocycles. The number of nitrogens with zero attached hydrogens (tertiary/aromatic N) is 1. The molecule has 106 valence electrons.